The molecule has 0 bridgehead atoms. The molecule has 3 fully saturated rings. The smallest absolute Gasteiger partial charge is 0.375 e. The minimum absolute atomic E-state index is 0.00721. The number of ether oxygens (including phenoxy) is 2. The number of carbonyl (C=O) groups is 2. The highest BCUT2D eigenvalue weighted by molar-refractivity contribution is 7.98. The summed E-state index contributed by atoms with van der Waals surface area (Å²) in [5, 5.41) is -2.31. The van der Waals surface area contributed by atoms with Crippen LogP contribution in [0.2, 0.25) is 0 Å². The molecule has 0 aromatic heterocycles. The lowest BCUT2D eigenvalue weighted by molar-refractivity contribution is -0.160. The van der Waals surface area contributed by atoms with Gasteiger partial charge in [-0.25, -0.2) is 4.31 Å². The van der Waals surface area contributed by atoms with Crippen LogP contribution in [0, 0.1) is 34.5 Å². The fourth-order valence-corrected chi connectivity index (χ4v) is 9.53. The van der Waals surface area contributed by atoms with E-state index in [1.54, 1.807) is 0 Å². The van der Waals surface area contributed by atoms with E-state index in [1.807, 2.05) is 18.2 Å². The van der Waals surface area contributed by atoms with E-state index >= 15 is 4.39 Å². The summed E-state index contributed by atoms with van der Waals surface area (Å²) in [6.45, 7) is 11.5. The Labute approximate surface area is 207 Å². The first kappa shape index (κ1) is 24.6. The SMILES string of the molecule is CCN(CC)S[C@]1(F)OC2=C(C[C@@]3(C)[C@@H](CC[C@@H]4[C@@H]3CC[C@]3(C)C(OC(C)=O)CC[C@@H]43)C2)C1=O. The topological polar surface area (TPSA) is 55.8 Å². The van der Waals surface area contributed by atoms with Crippen LogP contribution in [-0.4, -0.2) is 40.4 Å². The number of alkyl halides is 1. The van der Waals surface area contributed by atoms with Crippen LogP contribution >= 0.6 is 11.9 Å². The normalized spacial score (nSPS) is 45.4. The standard InChI is InChI=1S/C27H40FNO4S/c1-6-29(7-2)34-27(28)24(31)19-15-26(5)17(14-22(19)33-27)8-9-18-20-10-11-23(32-16(3)30)25(20,4)13-12-21(18)26/h17-18,20-21,23H,6-15H2,1-5H3/t17-,18-,20-,21-,23?,25-,26-,27+/m0/s1. The van der Waals surface area contributed by atoms with E-state index in [4.69, 9.17) is 9.47 Å². The van der Waals surface area contributed by atoms with Crippen molar-refractivity contribution in [2.24, 2.45) is 34.5 Å². The molecule has 0 saturated heterocycles. The van der Waals surface area contributed by atoms with Crippen LogP contribution < -0.4 is 0 Å². The minimum Gasteiger partial charge on any atom is -0.462 e. The van der Waals surface area contributed by atoms with Gasteiger partial charge in [-0.1, -0.05) is 27.7 Å². The Morgan fingerprint density at radius 3 is 2.50 bits per heavy atom. The third-order valence-electron chi connectivity index (χ3n) is 10.4. The lowest BCUT2D eigenvalue weighted by atomic mass is 9.45. The number of rotatable bonds is 5. The highest BCUT2D eigenvalue weighted by Crippen LogP contribution is 2.68. The number of hydrogen-bond acceptors (Lipinski definition) is 6. The van der Waals surface area contributed by atoms with Gasteiger partial charge in [-0.3, -0.25) is 9.59 Å². The van der Waals surface area contributed by atoms with Crippen LogP contribution in [0.4, 0.5) is 4.39 Å². The van der Waals surface area contributed by atoms with Gasteiger partial charge in [-0.15, -0.1) is 0 Å². The molecule has 1 unspecified atom stereocenters. The van der Waals surface area contributed by atoms with Crippen molar-refractivity contribution < 1.29 is 23.5 Å². The molecule has 0 aromatic carbocycles. The summed E-state index contributed by atoms with van der Waals surface area (Å²) in [5.74, 6) is 2.07. The predicted molar refractivity (Wildman–Crippen MR) is 130 cm³/mol. The zero-order valence-electron chi connectivity index (χ0n) is 21.3. The van der Waals surface area contributed by atoms with Crippen molar-refractivity contribution >= 4 is 23.7 Å². The fourth-order valence-electron chi connectivity index (χ4n) is 8.59. The van der Waals surface area contributed by atoms with Gasteiger partial charge in [0, 0.05) is 49.4 Å². The number of esters is 1. The maximum absolute atomic E-state index is 15.8. The third-order valence-corrected chi connectivity index (χ3v) is 11.6. The maximum Gasteiger partial charge on any atom is 0.375 e. The van der Waals surface area contributed by atoms with Gasteiger partial charge in [0.05, 0.1) is 0 Å². The molecule has 0 radical (unpaired) electrons. The van der Waals surface area contributed by atoms with Crippen molar-refractivity contribution in [3.05, 3.63) is 11.3 Å². The lowest BCUT2D eigenvalue weighted by Gasteiger charge is -2.59. The van der Waals surface area contributed by atoms with E-state index in [9.17, 15) is 9.59 Å². The first-order valence-electron chi connectivity index (χ1n) is 13.3. The fraction of sp³-hybridized carbons (Fsp3) is 0.852. The van der Waals surface area contributed by atoms with E-state index in [2.05, 4.69) is 13.8 Å². The van der Waals surface area contributed by atoms with Crippen molar-refractivity contribution in [3.8, 4) is 0 Å². The van der Waals surface area contributed by atoms with Crippen molar-refractivity contribution in [2.75, 3.05) is 13.1 Å². The molecule has 190 valence electrons. The summed E-state index contributed by atoms with van der Waals surface area (Å²) in [6, 6.07) is 0. The van der Waals surface area contributed by atoms with E-state index in [0.717, 1.165) is 44.1 Å². The number of halogens is 1. The summed E-state index contributed by atoms with van der Waals surface area (Å²) in [5.41, 5.74) is 0.655. The summed E-state index contributed by atoms with van der Waals surface area (Å²) in [4.78, 5) is 25.1. The summed E-state index contributed by atoms with van der Waals surface area (Å²) >= 11 is 0.913. The lowest BCUT2D eigenvalue weighted by Crippen LogP contribution is -2.54. The second-order valence-electron chi connectivity index (χ2n) is 11.8. The molecule has 3 saturated carbocycles. The van der Waals surface area contributed by atoms with E-state index in [-0.39, 0.29) is 22.9 Å². The zero-order chi connectivity index (χ0) is 24.5. The molecule has 8 atom stereocenters. The molecule has 0 amide bonds. The van der Waals surface area contributed by atoms with Crippen LogP contribution in [0.1, 0.15) is 86.0 Å². The minimum atomic E-state index is -2.31. The van der Waals surface area contributed by atoms with Gasteiger partial charge in [-0.05, 0) is 74.0 Å². The largest absolute Gasteiger partial charge is 0.462 e. The Hall–Kier alpha value is -1.08. The number of hydrogen-bond donors (Lipinski definition) is 0. The van der Waals surface area contributed by atoms with Crippen molar-refractivity contribution in [1.82, 2.24) is 4.31 Å². The number of nitrogens with zero attached hydrogens (tertiary/aromatic N) is 1. The van der Waals surface area contributed by atoms with Gasteiger partial charge < -0.3 is 9.47 Å². The van der Waals surface area contributed by atoms with Gasteiger partial charge in [0.15, 0.2) is 0 Å². The van der Waals surface area contributed by atoms with Gasteiger partial charge in [0.25, 0.3) is 5.78 Å². The van der Waals surface area contributed by atoms with Gasteiger partial charge >= 0.3 is 11.2 Å². The van der Waals surface area contributed by atoms with E-state index in [1.165, 1.54) is 13.3 Å². The zero-order valence-corrected chi connectivity index (χ0v) is 22.1. The molecular weight excluding hydrogens is 453 g/mol. The molecule has 7 heteroatoms. The Bertz CT molecular complexity index is 905. The monoisotopic (exact) mass is 493 g/mol. The quantitative estimate of drug-likeness (QED) is 0.344. The van der Waals surface area contributed by atoms with Crippen LogP contribution in [-0.2, 0) is 19.1 Å². The van der Waals surface area contributed by atoms with E-state index < -0.39 is 11.0 Å². The number of carbonyl (C=O) groups excluding carboxylic acids is 2. The number of Topliss-reactive ketones (excluding diaryl/α,β-unsaturated/α-hetero) is 1. The molecular formula is C27H40FNO4S. The molecule has 0 spiro atoms. The van der Waals surface area contributed by atoms with Crippen LogP contribution in [0.5, 0.6) is 0 Å². The molecule has 34 heavy (non-hydrogen) atoms. The van der Waals surface area contributed by atoms with Gasteiger partial charge in [0.2, 0.25) is 0 Å². The van der Waals surface area contributed by atoms with Crippen molar-refractivity contribution in [3.63, 3.8) is 0 Å². The van der Waals surface area contributed by atoms with Gasteiger partial charge in [0.1, 0.15) is 11.9 Å². The predicted octanol–water partition coefficient (Wildman–Crippen LogP) is 6.04. The molecule has 0 aromatic rings. The second kappa shape index (κ2) is 8.50. The van der Waals surface area contributed by atoms with Crippen LogP contribution in [0.25, 0.3) is 0 Å². The molecule has 0 N–H and O–H groups in total. The molecule has 5 nitrogen and oxygen atoms in total. The number of fused-ring (bicyclic) bond motifs is 5. The number of ketones is 1. The molecule has 5 rings (SSSR count). The molecule has 4 aliphatic carbocycles. The first-order chi connectivity index (χ1) is 16.1. The number of allylic oxidation sites excluding steroid dienone is 1. The summed E-state index contributed by atoms with van der Waals surface area (Å²) in [7, 11) is 0. The maximum atomic E-state index is 15.8. The van der Waals surface area contributed by atoms with Crippen LogP contribution in [0.15, 0.2) is 11.3 Å². The first-order valence-corrected chi connectivity index (χ1v) is 14.1. The van der Waals surface area contributed by atoms with Crippen LogP contribution in [0.3, 0.4) is 0 Å². The average molecular weight is 494 g/mol. The molecule has 5 aliphatic rings. The average Bonchev–Trinajstić information content (AvgIpc) is 3.23. The summed E-state index contributed by atoms with van der Waals surface area (Å²) in [6.07, 6.45) is 7.82. The van der Waals surface area contributed by atoms with Crippen molar-refractivity contribution in [2.45, 2.75) is 97.3 Å². The van der Waals surface area contributed by atoms with Crippen molar-refractivity contribution in [1.29, 1.82) is 0 Å². The molecule has 1 heterocycles. The van der Waals surface area contributed by atoms with Gasteiger partial charge in [-0.2, -0.15) is 4.39 Å². The second-order valence-corrected chi connectivity index (χ2v) is 13.1. The molecule has 1 aliphatic heterocycles. The Kier molecular flexibility index (Phi) is 6.15. The van der Waals surface area contributed by atoms with E-state index in [0.29, 0.717) is 60.9 Å². The highest BCUT2D eigenvalue weighted by atomic mass is 32.2. The third kappa shape index (κ3) is 3.58. The summed E-state index contributed by atoms with van der Waals surface area (Å²) < 4.78 is 29.2. The highest BCUT2D eigenvalue weighted by Gasteiger charge is 2.64. The Morgan fingerprint density at radius 1 is 1.12 bits per heavy atom. The Balaban J connectivity index is 1.37. The Morgan fingerprint density at radius 2 is 1.82 bits per heavy atom.